The van der Waals surface area contributed by atoms with Crippen LogP contribution in [0.25, 0.3) is 0 Å². The fourth-order valence-corrected chi connectivity index (χ4v) is 6.79. The molecule has 1 aliphatic rings. The highest BCUT2D eigenvalue weighted by Gasteiger charge is 2.51. The molecule has 1 aliphatic carbocycles. The predicted molar refractivity (Wildman–Crippen MR) is 225 cm³/mol. The fraction of sp³-hybridized carbons (Fsp3) is 0.682. The van der Waals surface area contributed by atoms with Gasteiger partial charge in [0.2, 0.25) is 0 Å². The molecule has 0 spiro atoms. The van der Waals surface area contributed by atoms with Crippen molar-refractivity contribution in [2.24, 2.45) is 0 Å². The molecule has 6 unspecified atom stereocenters. The molecule has 1 rings (SSSR count). The second kappa shape index (κ2) is 34.0. The Hall–Kier alpha value is -2.71. The Morgan fingerprint density at radius 3 is 1.53 bits per heavy atom. The van der Waals surface area contributed by atoms with Gasteiger partial charge in [0.1, 0.15) is 43.2 Å². The maximum Gasteiger partial charge on any atom is 0.472 e. The summed E-state index contributed by atoms with van der Waals surface area (Å²) < 4.78 is 33.4. The lowest BCUT2D eigenvalue weighted by atomic mass is 9.85. The van der Waals surface area contributed by atoms with E-state index in [-0.39, 0.29) is 12.8 Å². The third-order valence-electron chi connectivity index (χ3n) is 9.28. The van der Waals surface area contributed by atoms with Crippen LogP contribution in [0.5, 0.6) is 0 Å². The summed E-state index contributed by atoms with van der Waals surface area (Å²) in [5.41, 5.74) is 0. The van der Waals surface area contributed by atoms with E-state index in [4.69, 9.17) is 18.5 Å². The number of hydrogen-bond donors (Lipinski definition) is 6. The van der Waals surface area contributed by atoms with Crippen molar-refractivity contribution in [2.45, 2.75) is 179 Å². The van der Waals surface area contributed by atoms with Crippen molar-refractivity contribution < 1.29 is 63.1 Å². The molecule has 332 valence electrons. The highest BCUT2D eigenvalue weighted by molar-refractivity contribution is 7.47. The maximum atomic E-state index is 12.8. The van der Waals surface area contributed by atoms with Gasteiger partial charge in [0.05, 0.1) is 6.61 Å². The van der Waals surface area contributed by atoms with Crippen molar-refractivity contribution in [3.63, 3.8) is 0 Å². The number of esters is 2. The zero-order valence-electron chi connectivity index (χ0n) is 34.8. The highest BCUT2D eigenvalue weighted by atomic mass is 31.2. The number of unbranched alkanes of at least 4 members (excludes halogenated alkanes) is 9. The van der Waals surface area contributed by atoms with Crippen LogP contribution in [0.3, 0.4) is 0 Å². The van der Waals surface area contributed by atoms with E-state index in [0.717, 1.165) is 77.0 Å². The van der Waals surface area contributed by atoms with Gasteiger partial charge < -0.3 is 39.9 Å². The molecule has 6 N–H and O–H groups in total. The van der Waals surface area contributed by atoms with Gasteiger partial charge in [-0.25, -0.2) is 4.57 Å². The molecule has 0 aromatic rings. The van der Waals surface area contributed by atoms with Gasteiger partial charge in [-0.15, -0.1) is 0 Å². The number of aliphatic hydroxyl groups excluding tert-OH is 5. The lowest BCUT2D eigenvalue weighted by molar-refractivity contribution is -0.220. The number of hydrogen-bond acceptors (Lipinski definition) is 12. The van der Waals surface area contributed by atoms with Gasteiger partial charge in [0.15, 0.2) is 6.10 Å². The number of ether oxygens (including phenoxy) is 2. The molecule has 0 saturated heterocycles. The summed E-state index contributed by atoms with van der Waals surface area (Å²) in [7, 11) is -5.13. The molecule has 14 heteroatoms. The number of aliphatic hydroxyl groups is 5. The molecule has 0 heterocycles. The fourth-order valence-electron chi connectivity index (χ4n) is 5.82. The van der Waals surface area contributed by atoms with Crippen LogP contribution in [0.4, 0.5) is 0 Å². The molecule has 1 fully saturated rings. The Bertz CT molecular complexity index is 1290. The average molecular weight is 841 g/mol. The van der Waals surface area contributed by atoms with Crippen LogP contribution in [0, 0.1) is 0 Å². The minimum atomic E-state index is -5.13. The standard InChI is InChI=1S/C44H73O13P/c1-3-5-7-9-11-13-15-17-19-21-23-25-27-29-31-33-38(46)56-36(35-55-58(52,53)57-44-42(50)40(48)39(47)41(49)43(44)51)34-54-37(45)32-30-28-26-24-22-20-18-16-14-12-10-8-6-4-2/h5,7,10-13,16-19,23,25,36,39-44,47-51H,3-4,6,8-9,14-15,20-22,24,26-35H2,1-2H3,(H,52,53)/b7-5-,12-10-,13-11-,18-16-,19-17-,25-23-. The Kier molecular flexibility index (Phi) is 31.3. The molecular weight excluding hydrogens is 767 g/mol. The third kappa shape index (κ3) is 26.4. The van der Waals surface area contributed by atoms with E-state index in [0.29, 0.717) is 19.3 Å². The van der Waals surface area contributed by atoms with Gasteiger partial charge in [-0.2, -0.15) is 0 Å². The van der Waals surface area contributed by atoms with E-state index >= 15 is 0 Å². The molecule has 6 atom stereocenters. The number of rotatable bonds is 33. The lowest BCUT2D eigenvalue weighted by Crippen LogP contribution is -2.64. The van der Waals surface area contributed by atoms with Gasteiger partial charge >= 0.3 is 19.8 Å². The summed E-state index contributed by atoms with van der Waals surface area (Å²) in [5.74, 6) is -1.17. The smallest absolute Gasteiger partial charge is 0.462 e. The SMILES string of the molecule is CC/C=C\C/C=C\C/C=C\C/C=C\CCCCC(=O)OC(COC(=O)CCCCCCC/C=C\C/C=C\CCCC)COP(=O)(O)OC1C(O)C(O)C(O)C(O)C1O. The van der Waals surface area contributed by atoms with Gasteiger partial charge in [0, 0.05) is 12.8 Å². The Labute approximate surface area is 346 Å². The number of phosphoric acid groups is 1. The van der Waals surface area contributed by atoms with Crippen LogP contribution >= 0.6 is 7.82 Å². The van der Waals surface area contributed by atoms with E-state index in [9.17, 15) is 44.6 Å². The minimum Gasteiger partial charge on any atom is -0.462 e. The predicted octanol–water partition coefficient (Wildman–Crippen LogP) is 7.55. The summed E-state index contributed by atoms with van der Waals surface area (Å²) >= 11 is 0. The second-order valence-electron chi connectivity index (χ2n) is 14.5. The first-order valence-electron chi connectivity index (χ1n) is 21.2. The normalized spacial score (nSPS) is 23.2. The Morgan fingerprint density at radius 2 is 0.983 bits per heavy atom. The molecule has 0 bridgehead atoms. The van der Waals surface area contributed by atoms with Crippen LogP contribution in [-0.4, -0.2) is 98.3 Å². The summed E-state index contributed by atoms with van der Waals surface area (Å²) in [5, 5.41) is 50.0. The quantitative estimate of drug-likeness (QED) is 0.0163. The number of carbonyl (C=O) groups is 2. The first kappa shape index (κ1) is 53.3. The summed E-state index contributed by atoms with van der Waals surface area (Å²) in [6, 6.07) is 0. The Balaban J connectivity index is 2.55. The molecule has 0 aliphatic heterocycles. The van der Waals surface area contributed by atoms with E-state index in [2.05, 4.69) is 80.7 Å². The first-order chi connectivity index (χ1) is 27.9. The molecular formula is C44H73O13P. The lowest BCUT2D eigenvalue weighted by Gasteiger charge is -2.41. The summed E-state index contributed by atoms with van der Waals surface area (Å²) in [4.78, 5) is 35.6. The van der Waals surface area contributed by atoms with Gasteiger partial charge in [-0.1, -0.05) is 119 Å². The van der Waals surface area contributed by atoms with Crippen LogP contribution in [0.2, 0.25) is 0 Å². The van der Waals surface area contributed by atoms with Gasteiger partial charge in [-0.05, 0) is 77.0 Å². The third-order valence-corrected chi connectivity index (χ3v) is 10.3. The van der Waals surface area contributed by atoms with Crippen molar-refractivity contribution in [3.05, 3.63) is 72.9 Å². The number of carbonyl (C=O) groups excluding carboxylic acids is 2. The van der Waals surface area contributed by atoms with Crippen LogP contribution in [-0.2, 0) is 32.7 Å². The zero-order valence-corrected chi connectivity index (χ0v) is 35.7. The molecule has 0 amide bonds. The van der Waals surface area contributed by atoms with Crippen molar-refractivity contribution in [1.82, 2.24) is 0 Å². The van der Waals surface area contributed by atoms with Crippen LogP contribution in [0.15, 0.2) is 72.9 Å². The largest absolute Gasteiger partial charge is 0.472 e. The van der Waals surface area contributed by atoms with E-state index in [1.165, 1.54) is 12.8 Å². The van der Waals surface area contributed by atoms with E-state index < -0.39 is 75.7 Å². The van der Waals surface area contributed by atoms with Crippen LogP contribution in [0.1, 0.15) is 136 Å². The molecule has 0 aromatic heterocycles. The summed E-state index contributed by atoms with van der Waals surface area (Å²) in [6.07, 6.45) is 28.2. The highest BCUT2D eigenvalue weighted by Crippen LogP contribution is 2.47. The molecule has 0 radical (unpaired) electrons. The number of phosphoric ester groups is 1. The average Bonchev–Trinajstić information content (AvgIpc) is 3.20. The number of allylic oxidation sites excluding steroid dienone is 12. The van der Waals surface area contributed by atoms with Crippen molar-refractivity contribution in [1.29, 1.82) is 0 Å². The monoisotopic (exact) mass is 840 g/mol. The summed E-state index contributed by atoms with van der Waals surface area (Å²) in [6.45, 7) is 3.07. The second-order valence-corrected chi connectivity index (χ2v) is 15.9. The molecule has 58 heavy (non-hydrogen) atoms. The Morgan fingerprint density at radius 1 is 0.552 bits per heavy atom. The van der Waals surface area contributed by atoms with Gasteiger partial charge in [-0.3, -0.25) is 18.6 Å². The van der Waals surface area contributed by atoms with Crippen LogP contribution < -0.4 is 0 Å². The molecule has 0 aromatic carbocycles. The molecule has 13 nitrogen and oxygen atoms in total. The van der Waals surface area contributed by atoms with Crippen molar-refractivity contribution >= 4 is 19.8 Å². The minimum absolute atomic E-state index is 0.0374. The first-order valence-corrected chi connectivity index (χ1v) is 22.7. The van der Waals surface area contributed by atoms with Crippen molar-refractivity contribution in [3.8, 4) is 0 Å². The van der Waals surface area contributed by atoms with E-state index in [1.54, 1.807) is 0 Å². The topological polar surface area (TPSA) is 210 Å². The molecule has 1 saturated carbocycles. The maximum absolute atomic E-state index is 12.8. The van der Waals surface area contributed by atoms with Crippen molar-refractivity contribution in [2.75, 3.05) is 13.2 Å². The van der Waals surface area contributed by atoms with E-state index in [1.807, 2.05) is 6.08 Å². The van der Waals surface area contributed by atoms with Gasteiger partial charge in [0.25, 0.3) is 0 Å². The zero-order chi connectivity index (χ0) is 42.9.